The number of nitrogens with two attached hydrogens (primary N) is 2. The van der Waals surface area contributed by atoms with Gasteiger partial charge in [-0.25, -0.2) is 0 Å². The summed E-state index contributed by atoms with van der Waals surface area (Å²) in [7, 11) is 1.68. The summed E-state index contributed by atoms with van der Waals surface area (Å²) in [5.74, 6) is -1.27. The molecular weight excluding hydrogens is 182 g/mol. The molecule has 2 amide bonds. The van der Waals surface area contributed by atoms with Crippen LogP contribution < -0.4 is 11.5 Å². The second-order valence-electron chi connectivity index (χ2n) is 3.22. The highest BCUT2D eigenvalue weighted by Gasteiger charge is 2.22. The molecule has 0 aromatic carbocycles. The summed E-state index contributed by atoms with van der Waals surface area (Å²) in [6.07, 6.45) is 0. The molecule has 0 aliphatic carbocycles. The summed E-state index contributed by atoms with van der Waals surface area (Å²) in [6, 6.07) is 0. The van der Waals surface area contributed by atoms with Crippen LogP contribution in [0.3, 0.4) is 0 Å². The van der Waals surface area contributed by atoms with E-state index < -0.39 is 11.8 Å². The molecule has 0 saturated heterocycles. The number of primary amides is 2. The fourth-order valence-corrected chi connectivity index (χ4v) is 1.54. The second-order valence-corrected chi connectivity index (χ2v) is 3.22. The topological polar surface area (TPSA) is 91.1 Å². The van der Waals surface area contributed by atoms with E-state index in [1.54, 1.807) is 25.5 Å². The smallest absolute Gasteiger partial charge is 0.266 e. The minimum absolute atomic E-state index is 0.174. The molecule has 4 N–H and O–H groups in total. The van der Waals surface area contributed by atoms with Crippen LogP contribution in [0.1, 0.15) is 32.1 Å². The maximum atomic E-state index is 11.1. The van der Waals surface area contributed by atoms with Crippen molar-refractivity contribution >= 4 is 11.8 Å². The van der Waals surface area contributed by atoms with Crippen LogP contribution in [-0.4, -0.2) is 16.4 Å². The molecule has 0 fully saturated rings. The predicted octanol–water partition coefficient (Wildman–Crippen LogP) is -0.160. The molecule has 0 radical (unpaired) electrons. The SMILES string of the molecule is Cc1c(C(N)=O)c(C(N)=O)n(C)c1C. The van der Waals surface area contributed by atoms with Crippen LogP contribution in [0.5, 0.6) is 0 Å². The van der Waals surface area contributed by atoms with Crippen molar-refractivity contribution in [2.45, 2.75) is 13.8 Å². The van der Waals surface area contributed by atoms with E-state index in [1.165, 1.54) is 0 Å². The molecule has 0 bridgehead atoms. The average molecular weight is 195 g/mol. The van der Waals surface area contributed by atoms with Crippen molar-refractivity contribution in [2.24, 2.45) is 18.5 Å². The molecule has 76 valence electrons. The second kappa shape index (κ2) is 3.17. The van der Waals surface area contributed by atoms with Crippen LogP contribution in [0.2, 0.25) is 0 Å². The molecule has 0 saturated carbocycles. The van der Waals surface area contributed by atoms with Crippen molar-refractivity contribution in [3.63, 3.8) is 0 Å². The molecule has 0 spiro atoms. The van der Waals surface area contributed by atoms with Crippen LogP contribution in [-0.2, 0) is 7.05 Å². The average Bonchev–Trinajstić information content (AvgIpc) is 2.29. The number of hydrogen-bond acceptors (Lipinski definition) is 2. The highest BCUT2D eigenvalue weighted by molar-refractivity contribution is 6.06. The Hall–Kier alpha value is -1.78. The number of carbonyl (C=O) groups excluding carboxylic acids is 2. The van der Waals surface area contributed by atoms with Gasteiger partial charge in [0.15, 0.2) is 0 Å². The Morgan fingerprint density at radius 3 is 1.93 bits per heavy atom. The Morgan fingerprint density at radius 2 is 1.64 bits per heavy atom. The number of hydrogen-bond donors (Lipinski definition) is 2. The summed E-state index contributed by atoms with van der Waals surface area (Å²) in [4.78, 5) is 22.2. The maximum absolute atomic E-state index is 11.1. The van der Waals surface area contributed by atoms with Crippen molar-refractivity contribution in [3.05, 3.63) is 22.5 Å². The van der Waals surface area contributed by atoms with Gasteiger partial charge in [-0.2, -0.15) is 0 Å². The highest BCUT2D eigenvalue weighted by atomic mass is 16.2. The maximum Gasteiger partial charge on any atom is 0.266 e. The van der Waals surface area contributed by atoms with Crippen LogP contribution >= 0.6 is 0 Å². The van der Waals surface area contributed by atoms with Crippen molar-refractivity contribution in [1.29, 1.82) is 0 Å². The van der Waals surface area contributed by atoms with Crippen LogP contribution in [0.15, 0.2) is 0 Å². The molecule has 14 heavy (non-hydrogen) atoms. The van der Waals surface area contributed by atoms with Gasteiger partial charge in [-0.3, -0.25) is 9.59 Å². The zero-order valence-corrected chi connectivity index (χ0v) is 8.42. The Bertz CT molecular complexity index is 381. The number of amides is 2. The van der Waals surface area contributed by atoms with Crippen molar-refractivity contribution < 1.29 is 9.59 Å². The highest BCUT2D eigenvalue weighted by Crippen LogP contribution is 2.19. The van der Waals surface area contributed by atoms with Gasteiger partial charge in [0.05, 0.1) is 5.56 Å². The molecule has 0 unspecified atom stereocenters. The third kappa shape index (κ3) is 1.26. The first-order valence-electron chi connectivity index (χ1n) is 4.13. The lowest BCUT2D eigenvalue weighted by molar-refractivity contribution is 0.0962. The first kappa shape index (κ1) is 10.3. The van der Waals surface area contributed by atoms with Gasteiger partial charge < -0.3 is 16.0 Å². The van der Waals surface area contributed by atoms with E-state index in [1.807, 2.05) is 0 Å². The molecule has 0 atom stereocenters. The fourth-order valence-electron chi connectivity index (χ4n) is 1.54. The molecule has 5 heteroatoms. The monoisotopic (exact) mass is 195 g/mol. The van der Waals surface area contributed by atoms with Gasteiger partial charge in [-0.15, -0.1) is 0 Å². The lowest BCUT2D eigenvalue weighted by Gasteiger charge is -2.01. The molecule has 5 nitrogen and oxygen atoms in total. The van der Waals surface area contributed by atoms with Gasteiger partial charge in [-0.1, -0.05) is 0 Å². The summed E-state index contributed by atoms with van der Waals surface area (Å²) in [6.45, 7) is 3.54. The largest absolute Gasteiger partial charge is 0.366 e. The molecule has 1 rings (SSSR count). The zero-order valence-electron chi connectivity index (χ0n) is 8.42. The minimum Gasteiger partial charge on any atom is -0.366 e. The lowest BCUT2D eigenvalue weighted by atomic mass is 10.1. The standard InChI is InChI=1S/C9H13N3O2/c1-4-5(2)12(3)7(9(11)14)6(4)8(10)13/h1-3H3,(H2,10,13)(H2,11,14). The third-order valence-electron chi connectivity index (χ3n) is 2.47. The van der Waals surface area contributed by atoms with Gasteiger partial charge in [0.1, 0.15) is 5.69 Å². The van der Waals surface area contributed by atoms with E-state index in [0.29, 0.717) is 5.56 Å². The third-order valence-corrected chi connectivity index (χ3v) is 2.47. The van der Waals surface area contributed by atoms with E-state index in [-0.39, 0.29) is 11.3 Å². The zero-order chi connectivity index (χ0) is 11.0. The quantitative estimate of drug-likeness (QED) is 0.686. The predicted molar refractivity (Wildman–Crippen MR) is 51.9 cm³/mol. The van der Waals surface area contributed by atoms with E-state index in [4.69, 9.17) is 11.5 Å². The van der Waals surface area contributed by atoms with Gasteiger partial charge in [0.25, 0.3) is 11.8 Å². The summed E-state index contributed by atoms with van der Waals surface area (Å²) < 4.78 is 1.58. The number of carbonyl (C=O) groups is 2. The van der Waals surface area contributed by atoms with Crippen molar-refractivity contribution in [3.8, 4) is 0 Å². The summed E-state index contributed by atoms with van der Waals surface area (Å²) in [5, 5.41) is 0. The van der Waals surface area contributed by atoms with E-state index in [2.05, 4.69) is 0 Å². The first-order chi connectivity index (χ1) is 6.37. The van der Waals surface area contributed by atoms with Gasteiger partial charge >= 0.3 is 0 Å². The Morgan fingerprint density at radius 1 is 1.14 bits per heavy atom. The normalized spacial score (nSPS) is 10.2. The number of aromatic nitrogens is 1. The van der Waals surface area contributed by atoms with Crippen molar-refractivity contribution in [1.82, 2.24) is 4.57 Å². The van der Waals surface area contributed by atoms with E-state index in [9.17, 15) is 9.59 Å². The van der Waals surface area contributed by atoms with Crippen LogP contribution in [0.25, 0.3) is 0 Å². The summed E-state index contributed by atoms with van der Waals surface area (Å²) in [5.41, 5.74) is 12.3. The Balaban J connectivity index is 3.62. The van der Waals surface area contributed by atoms with Crippen LogP contribution in [0, 0.1) is 13.8 Å². The van der Waals surface area contributed by atoms with Crippen molar-refractivity contribution in [2.75, 3.05) is 0 Å². The van der Waals surface area contributed by atoms with Crippen LogP contribution in [0.4, 0.5) is 0 Å². The lowest BCUT2D eigenvalue weighted by Crippen LogP contribution is -2.22. The molecule has 1 aromatic rings. The Kier molecular flexibility index (Phi) is 2.33. The number of nitrogens with zero attached hydrogens (tertiary/aromatic N) is 1. The molecular formula is C9H13N3O2. The molecule has 0 aliphatic rings. The molecule has 1 heterocycles. The van der Waals surface area contributed by atoms with Gasteiger partial charge in [-0.05, 0) is 19.4 Å². The first-order valence-corrected chi connectivity index (χ1v) is 4.13. The molecule has 0 aliphatic heterocycles. The minimum atomic E-state index is -0.641. The van der Waals surface area contributed by atoms with E-state index in [0.717, 1.165) is 5.69 Å². The fraction of sp³-hybridized carbons (Fsp3) is 0.333. The number of rotatable bonds is 2. The molecule has 1 aromatic heterocycles. The Labute approximate surface area is 81.7 Å². The van der Waals surface area contributed by atoms with Gasteiger partial charge in [0.2, 0.25) is 0 Å². The van der Waals surface area contributed by atoms with E-state index >= 15 is 0 Å². The van der Waals surface area contributed by atoms with Gasteiger partial charge in [0, 0.05) is 12.7 Å². The summed E-state index contributed by atoms with van der Waals surface area (Å²) >= 11 is 0.